The first kappa shape index (κ1) is 27.3. The maximum Gasteiger partial charge on any atom is 0.228 e. The van der Waals surface area contributed by atoms with E-state index in [1.54, 1.807) is 19.3 Å². The molecule has 6 rings (SSSR count). The Morgan fingerprint density at radius 3 is 2.80 bits per heavy atom. The number of nitrogens with one attached hydrogen (secondary N) is 2. The van der Waals surface area contributed by atoms with Gasteiger partial charge in [0.05, 0.1) is 11.3 Å². The van der Waals surface area contributed by atoms with E-state index in [0.29, 0.717) is 36.8 Å². The zero-order valence-electron chi connectivity index (χ0n) is 23.6. The summed E-state index contributed by atoms with van der Waals surface area (Å²) in [6, 6.07) is 15.9. The van der Waals surface area contributed by atoms with Crippen LogP contribution in [0.2, 0.25) is 0 Å². The Balaban J connectivity index is 1.29. The second-order valence-electron chi connectivity index (χ2n) is 11.6. The number of ether oxygens (including phenoxy) is 1. The number of hydrogen-bond acceptors (Lipinski definition) is 7. The van der Waals surface area contributed by atoms with Crippen molar-refractivity contribution in [3.8, 4) is 22.9 Å². The maximum atomic E-state index is 14.4. The monoisotopic (exact) mass is 553 g/mol. The molecule has 0 bridgehead atoms. The molecule has 2 aliphatic rings. The van der Waals surface area contributed by atoms with Crippen molar-refractivity contribution in [3.63, 3.8) is 0 Å². The van der Waals surface area contributed by atoms with Gasteiger partial charge in [0.2, 0.25) is 11.8 Å². The van der Waals surface area contributed by atoms with Crippen molar-refractivity contribution < 1.29 is 13.9 Å². The van der Waals surface area contributed by atoms with Crippen molar-refractivity contribution in [2.24, 2.45) is 5.92 Å². The number of benzene rings is 2. The van der Waals surface area contributed by atoms with Gasteiger partial charge in [-0.1, -0.05) is 30.3 Å². The lowest BCUT2D eigenvalue weighted by Crippen LogP contribution is -2.38. The number of rotatable bonds is 8. The van der Waals surface area contributed by atoms with E-state index in [0.717, 1.165) is 59.1 Å². The molecule has 0 spiro atoms. The lowest BCUT2D eigenvalue weighted by molar-refractivity contribution is -0.122. The van der Waals surface area contributed by atoms with Crippen molar-refractivity contribution >= 4 is 22.5 Å². The molecule has 1 unspecified atom stereocenters. The number of ketones is 1. The lowest BCUT2D eigenvalue weighted by Gasteiger charge is -2.23. The van der Waals surface area contributed by atoms with Crippen LogP contribution in [0.15, 0.2) is 60.9 Å². The van der Waals surface area contributed by atoms with Gasteiger partial charge in [0.25, 0.3) is 0 Å². The molecule has 1 saturated carbocycles. The molecule has 3 atom stereocenters. The van der Waals surface area contributed by atoms with E-state index in [-0.39, 0.29) is 24.2 Å². The second-order valence-corrected chi connectivity index (χ2v) is 11.6. The summed E-state index contributed by atoms with van der Waals surface area (Å²) < 4.78 is 21.0. The lowest BCUT2D eigenvalue weighted by atomic mass is 9.92. The van der Waals surface area contributed by atoms with E-state index in [1.807, 2.05) is 55.5 Å². The third kappa shape index (κ3) is 6.07. The number of Topliss-reactive ketones (excluding diaryl/α,β-unsaturated/α-hetero) is 1. The van der Waals surface area contributed by atoms with Gasteiger partial charge < -0.3 is 15.4 Å². The van der Waals surface area contributed by atoms with E-state index in [2.05, 4.69) is 20.6 Å². The Morgan fingerprint density at radius 2 is 2.00 bits per heavy atom. The van der Waals surface area contributed by atoms with Crippen molar-refractivity contribution in [1.29, 1.82) is 0 Å². The van der Waals surface area contributed by atoms with Crippen LogP contribution in [0.25, 0.3) is 22.0 Å². The minimum Gasteiger partial charge on any atom is -0.437 e. The Labute approximate surface area is 240 Å². The molecule has 2 aromatic carbocycles. The van der Waals surface area contributed by atoms with Gasteiger partial charge in [-0.3, -0.25) is 4.79 Å². The summed E-state index contributed by atoms with van der Waals surface area (Å²) in [5, 5.41) is 8.71. The van der Waals surface area contributed by atoms with Crippen LogP contribution in [0.1, 0.15) is 50.2 Å². The van der Waals surface area contributed by atoms with Gasteiger partial charge in [0, 0.05) is 42.7 Å². The molecule has 0 amide bonds. The number of halogens is 1. The molecule has 4 aromatic rings. The molecule has 212 valence electrons. The van der Waals surface area contributed by atoms with Crippen molar-refractivity contribution in [2.75, 3.05) is 18.4 Å². The quantitative estimate of drug-likeness (QED) is 0.254. The molecule has 1 saturated heterocycles. The maximum absolute atomic E-state index is 14.4. The van der Waals surface area contributed by atoms with Crippen LogP contribution in [0.3, 0.4) is 0 Å². The molecule has 3 heterocycles. The number of anilines is 1. The molecule has 2 fully saturated rings. The van der Waals surface area contributed by atoms with Gasteiger partial charge in [-0.05, 0) is 87.2 Å². The van der Waals surface area contributed by atoms with E-state index in [4.69, 9.17) is 9.72 Å². The SMILES string of the molecule is Cc1ccc2c(CC(=O)[C@H]3CCC(C)(F)C3)cccc2c1Oc1ncccc1-c1ccnc(N[C@H]2CCCNC2)n1. The standard InChI is InChI=1S/C33H36FN5O2/c1-21-10-11-25-22(18-29(40)23-12-14-33(2,34)19-23)6-3-8-26(25)30(21)41-31-27(9-5-16-36-31)28-13-17-37-32(39-28)38-24-7-4-15-35-20-24/h3,5-6,8-11,13,16-17,23-24,35H,4,7,12,14-15,18-20H2,1-2H3,(H,37,38,39)/t23-,24-,33?/m0/s1. The summed E-state index contributed by atoms with van der Waals surface area (Å²) in [4.78, 5) is 26.9. The highest BCUT2D eigenvalue weighted by molar-refractivity contribution is 5.96. The zero-order valence-corrected chi connectivity index (χ0v) is 23.6. The molecule has 8 heteroatoms. The molecule has 1 aliphatic heterocycles. The first-order valence-corrected chi connectivity index (χ1v) is 14.5. The third-order valence-corrected chi connectivity index (χ3v) is 8.34. The first-order valence-electron chi connectivity index (χ1n) is 14.5. The summed E-state index contributed by atoms with van der Waals surface area (Å²) in [5.41, 5.74) is 2.12. The number of nitrogens with zero attached hydrogens (tertiary/aromatic N) is 3. The molecule has 1 aliphatic carbocycles. The fourth-order valence-electron chi connectivity index (χ4n) is 6.09. The summed E-state index contributed by atoms with van der Waals surface area (Å²) in [7, 11) is 0. The van der Waals surface area contributed by atoms with Crippen LogP contribution in [0.4, 0.5) is 10.3 Å². The fraction of sp³-hybridized carbons (Fsp3) is 0.394. The van der Waals surface area contributed by atoms with Crippen LogP contribution in [0.5, 0.6) is 11.6 Å². The van der Waals surface area contributed by atoms with Gasteiger partial charge in [0.15, 0.2) is 0 Å². The van der Waals surface area contributed by atoms with Crippen LogP contribution in [-0.2, 0) is 11.2 Å². The smallest absolute Gasteiger partial charge is 0.228 e. The van der Waals surface area contributed by atoms with Gasteiger partial charge in [-0.25, -0.2) is 19.3 Å². The van der Waals surface area contributed by atoms with Crippen molar-refractivity contribution in [2.45, 2.75) is 64.1 Å². The minimum absolute atomic E-state index is 0.103. The predicted molar refractivity (Wildman–Crippen MR) is 159 cm³/mol. The number of carbonyl (C=O) groups excluding carboxylic acids is 1. The Bertz CT molecular complexity index is 1570. The Morgan fingerprint density at radius 1 is 1.10 bits per heavy atom. The van der Waals surface area contributed by atoms with Crippen LogP contribution in [-0.4, -0.2) is 45.5 Å². The van der Waals surface area contributed by atoms with E-state index in [9.17, 15) is 9.18 Å². The van der Waals surface area contributed by atoms with Crippen molar-refractivity contribution in [3.05, 3.63) is 72.1 Å². The first-order chi connectivity index (χ1) is 19.9. The topological polar surface area (TPSA) is 89.0 Å². The highest BCUT2D eigenvalue weighted by Gasteiger charge is 2.38. The minimum atomic E-state index is -1.24. The highest BCUT2D eigenvalue weighted by atomic mass is 19.1. The molecule has 7 nitrogen and oxygen atoms in total. The number of carbonyl (C=O) groups is 1. The van der Waals surface area contributed by atoms with Gasteiger partial charge in [-0.15, -0.1) is 0 Å². The summed E-state index contributed by atoms with van der Waals surface area (Å²) in [6.07, 6.45) is 7.31. The zero-order chi connectivity index (χ0) is 28.4. The number of hydrogen-bond donors (Lipinski definition) is 2. The van der Waals surface area contributed by atoms with Gasteiger partial charge >= 0.3 is 0 Å². The summed E-state index contributed by atoms with van der Waals surface area (Å²) in [6.45, 7) is 5.53. The fourth-order valence-corrected chi connectivity index (χ4v) is 6.09. The number of pyridine rings is 1. The molecule has 0 radical (unpaired) electrons. The highest BCUT2D eigenvalue weighted by Crippen LogP contribution is 2.40. The Hall–Kier alpha value is -3.91. The van der Waals surface area contributed by atoms with Crippen molar-refractivity contribution in [1.82, 2.24) is 20.3 Å². The van der Waals surface area contributed by atoms with E-state index in [1.165, 1.54) is 0 Å². The number of aromatic nitrogens is 3. The normalized spacial score (nSPS) is 22.5. The largest absolute Gasteiger partial charge is 0.437 e. The van der Waals surface area contributed by atoms with Gasteiger partial charge in [-0.2, -0.15) is 0 Å². The number of fused-ring (bicyclic) bond motifs is 1. The average Bonchev–Trinajstić information content (AvgIpc) is 3.35. The molecular weight excluding hydrogens is 517 g/mol. The predicted octanol–water partition coefficient (Wildman–Crippen LogP) is 6.60. The number of aryl methyl sites for hydroxylation is 1. The van der Waals surface area contributed by atoms with E-state index < -0.39 is 5.67 Å². The number of alkyl halides is 1. The van der Waals surface area contributed by atoms with Crippen LogP contribution in [0, 0.1) is 12.8 Å². The van der Waals surface area contributed by atoms with Crippen LogP contribution >= 0.6 is 0 Å². The van der Waals surface area contributed by atoms with Gasteiger partial charge in [0.1, 0.15) is 17.2 Å². The van der Waals surface area contributed by atoms with Crippen LogP contribution < -0.4 is 15.4 Å². The molecular formula is C33H36FN5O2. The van der Waals surface area contributed by atoms with E-state index >= 15 is 0 Å². The molecule has 41 heavy (non-hydrogen) atoms. The third-order valence-electron chi connectivity index (χ3n) is 8.34. The molecule has 2 aromatic heterocycles. The number of piperidine rings is 1. The summed E-state index contributed by atoms with van der Waals surface area (Å²) >= 11 is 0. The Kier molecular flexibility index (Phi) is 7.67. The summed E-state index contributed by atoms with van der Waals surface area (Å²) in [5.74, 6) is 1.60. The molecule has 2 N–H and O–H groups in total. The second kappa shape index (κ2) is 11.5. The average molecular weight is 554 g/mol.